The summed E-state index contributed by atoms with van der Waals surface area (Å²) in [7, 11) is 1.78. The fraction of sp³-hybridized carbons (Fsp3) is 0.462. The van der Waals surface area contributed by atoms with Crippen LogP contribution in [-0.4, -0.2) is 30.9 Å². The van der Waals surface area contributed by atoms with Crippen molar-refractivity contribution in [1.29, 1.82) is 0 Å². The van der Waals surface area contributed by atoms with Gasteiger partial charge < -0.3 is 10.2 Å². The minimum absolute atomic E-state index is 0.00368. The van der Waals surface area contributed by atoms with Crippen LogP contribution in [0.3, 0.4) is 0 Å². The minimum Gasteiger partial charge on any atom is -0.345 e. The number of nitrogens with zero attached hydrogens (tertiary/aromatic N) is 1. The summed E-state index contributed by atoms with van der Waals surface area (Å²) in [5, 5.41) is 4.37. The Hall–Kier alpha value is -0.770. The van der Waals surface area contributed by atoms with Gasteiger partial charge in [-0.05, 0) is 31.5 Å². The summed E-state index contributed by atoms with van der Waals surface area (Å²) in [4.78, 5) is 13.3. The number of hydrogen-bond acceptors (Lipinski definition) is 2. The van der Waals surface area contributed by atoms with Crippen LogP contribution in [0.4, 0.5) is 0 Å². The molecule has 0 aliphatic rings. The second-order valence-electron chi connectivity index (χ2n) is 4.18. The normalized spacial score (nSPS) is 12.3. The van der Waals surface area contributed by atoms with E-state index in [1.54, 1.807) is 24.1 Å². The highest BCUT2D eigenvalue weighted by Crippen LogP contribution is 2.25. The van der Waals surface area contributed by atoms with Gasteiger partial charge in [0.25, 0.3) is 0 Å². The van der Waals surface area contributed by atoms with E-state index in [9.17, 15) is 4.79 Å². The van der Waals surface area contributed by atoms with Crippen LogP contribution in [0.5, 0.6) is 0 Å². The Morgan fingerprint density at radius 2 is 2.11 bits per heavy atom. The Kier molecular flexibility index (Phi) is 5.93. The lowest BCUT2D eigenvalue weighted by Gasteiger charge is -2.19. The van der Waals surface area contributed by atoms with Gasteiger partial charge in [-0.25, -0.2) is 0 Å². The zero-order valence-corrected chi connectivity index (χ0v) is 12.3. The molecule has 0 radical (unpaired) electrons. The third kappa shape index (κ3) is 4.16. The molecule has 0 saturated heterocycles. The number of benzene rings is 1. The number of amides is 1. The smallest absolute Gasteiger partial charge is 0.236 e. The topological polar surface area (TPSA) is 32.3 Å². The largest absolute Gasteiger partial charge is 0.345 e. The second-order valence-corrected chi connectivity index (χ2v) is 5.02. The third-order valence-electron chi connectivity index (χ3n) is 2.89. The molecule has 0 aliphatic carbocycles. The van der Waals surface area contributed by atoms with E-state index in [1.165, 1.54) is 0 Å². The Balaban J connectivity index is 2.60. The molecule has 1 atom stereocenters. The molecule has 1 rings (SSSR count). The molecule has 1 amide bonds. The van der Waals surface area contributed by atoms with Gasteiger partial charge in [0.05, 0.1) is 6.54 Å². The summed E-state index contributed by atoms with van der Waals surface area (Å²) in [6.07, 6.45) is 0. The average Bonchev–Trinajstić information content (AvgIpc) is 2.34. The van der Waals surface area contributed by atoms with Crippen LogP contribution in [0.25, 0.3) is 0 Å². The molecular formula is C13H18Cl2N2O. The summed E-state index contributed by atoms with van der Waals surface area (Å²) in [6.45, 7) is 4.91. The van der Waals surface area contributed by atoms with Gasteiger partial charge in [0.15, 0.2) is 0 Å². The van der Waals surface area contributed by atoms with Gasteiger partial charge in [0, 0.05) is 29.7 Å². The van der Waals surface area contributed by atoms with Crippen molar-refractivity contribution in [1.82, 2.24) is 10.2 Å². The summed E-state index contributed by atoms with van der Waals surface area (Å²) in [5.41, 5.74) is 0.938. The van der Waals surface area contributed by atoms with Gasteiger partial charge in [-0.2, -0.15) is 0 Å². The van der Waals surface area contributed by atoms with Crippen LogP contribution in [0.15, 0.2) is 18.2 Å². The van der Waals surface area contributed by atoms with Gasteiger partial charge in [-0.15, -0.1) is 0 Å². The molecule has 1 N–H and O–H groups in total. The first kappa shape index (κ1) is 15.3. The van der Waals surface area contributed by atoms with E-state index in [0.717, 1.165) is 5.56 Å². The zero-order valence-electron chi connectivity index (χ0n) is 10.8. The van der Waals surface area contributed by atoms with Crippen molar-refractivity contribution < 1.29 is 4.79 Å². The predicted molar refractivity (Wildman–Crippen MR) is 76.2 cm³/mol. The molecule has 18 heavy (non-hydrogen) atoms. The highest BCUT2D eigenvalue weighted by molar-refractivity contribution is 6.35. The van der Waals surface area contributed by atoms with E-state index in [0.29, 0.717) is 23.1 Å². The van der Waals surface area contributed by atoms with Crippen LogP contribution in [0, 0.1) is 0 Å². The summed E-state index contributed by atoms with van der Waals surface area (Å²) in [5.74, 6) is 0.0643. The summed E-state index contributed by atoms with van der Waals surface area (Å²) >= 11 is 12.0. The molecule has 1 aromatic rings. The lowest BCUT2D eigenvalue weighted by molar-refractivity contribution is -0.128. The monoisotopic (exact) mass is 288 g/mol. The standard InChI is InChI=1S/C13H18Cl2N2O/c1-4-17(3)13(18)8-16-9(2)11-6-5-10(14)7-12(11)15/h5-7,9,16H,4,8H2,1-3H3. The van der Waals surface area contributed by atoms with E-state index in [2.05, 4.69) is 5.32 Å². The number of carbonyl (C=O) groups excluding carboxylic acids is 1. The maximum atomic E-state index is 11.7. The number of nitrogens with one attached hydrogen (secondary N) is 1. The number of hydrogen-bond donors (Lipinski definition) is 1. The molecule has 3 nitrogen and oxygen atoms in total. The van der Waals surface area contributed by atoms with Gasteiger partial charge in [0.2, 0.25) is 5.91 Å². The predicted octanol–water partition coefficient (Wildman–Crippen LogP) is 3.12. The van der Waals surface area contributed by atoms with E-state index in [-0.39, 0.29) is 11.9 Å². The maximum absolute atomic E-state index is 11.7. The summed E-state index contributed by atoms with van der Waals surface area (Å²) < 4.78 is 0. The van der Waals surface area contributed by atoms with Crippen LogP contribution in [0.1, 0.15) is 25.5 Å². The van der Waals surface area contributed by atoms with Gasteiger partial charge >= 0.3 is 0 Å². The van der Waals surface area contributed by atoms with Crippen molar-refractivity contribution in [2.24, 2.45) is 0 Å². The lowest BCUT2D eigenvalue weighted by atomic mass is 10.1. The van der Waals surface area contributed by atoms with Crippen LogP contribution in [-0.2, 0) is 4.79 Å². The van der Waals surface area contributed by atoms with E-state index in [4.69, 9.17) is 23.2 Å². The van der Waals surface area contributed by atoms with Crippen molar-refractivity contribution in [2.75, 3.05) is 20.1 Å². The number of carbonyl (C=O) groups is 1. The Morgan fingerprint density at radius 1 is 1.44 bits per heavy atom. The van der Waals surface area contributed by atoms with Crippen LogP contribution < -0.4 is 5.32 Å². The SMILES string of the molecule is CCN(C)C(=O)CNC(C)c1ccc(Cl)cc1Cl. The van der Waals surface area contributed by atoms with Gasteiger partial charge in [-0.3, -0.25) is 4.79 Å². The van der Waals surface area contributed by atoms with Crippen molar-refractivity contribution >= 4 is 29.1 Å². The van der Waals surface area contributed by atoms with Crippen molar-refractivity contribution in [2.45, 2.75) is 19.9 Å². The molecule has 0 spiro atoms. The first-order valence-electron chi connectivity index (χ1n) is 5.88. The number of rotatable bonds is 5. The van der Waals surface area contributed by atoms with Crippen LogP contribution >= 0.6 is 23.2 Å². The molecule has 0 aromatic heterocycles. The quantitative estimate of drug-likeness (QED) is 0.903. The fourth-order valence-corrected chi connectivity index (χ4v) is 2.09. The first-order valence-corrected chi connectivity index (χ1v) is 6.63. The van der Waals surface area contributed by atoms with Crippen molar-refractivity contribution in [3.05, 3.63) is 33.8 Å². The minimum atomic E-state index is 0.00368. The first-order chi connectivity index (χ1) is 8.45. The average molecular weight is 289 g/mol. The fourth-order valence-electron chi connectivity index (χ4n) is 1.51. The molecule has 1 aromatic carbocycles. The molecular weight excluding hydrogens is 271 g/mol. The van der Waals surface area contributed by atoms with E-state index >= 15 is 0 Å². The van der Waals surface area contributed by atoms with Gasteiger partial charge in [0.1, 0.15) is 0 Å². The molecule has 0 aliphatic heterocycles. The molecule has 0 heterocycles. The molecule has 5 heteroatoms. The van der Waals surface area contributed by atoms with Crippen LogP contribution in [0.2, 0.25) is 10.0 Å². The molecule has 100 valence electrons. The molecule has 0 saturated carbocycles. The molecule has 0 fully saturated rings. The Labute approximate surface area is 118 Å². The Morgan fingerprint density at radius 3 is 2.67 bits per heavy atom. The summed E-state index contributed by atoms with van der Waals surface area (Å²) in [6, 6.07) is 5.37. The van der Waals surface area contributed by atoms with Gasteiger partial charge in [-0.1, -0.05) is 29.3 Å². The maximum Gasteiger partial charge on any atom is 0.236 e. The van der Waals surface area contributed by atoms with E-state index < -0.39 is 0 Å². The third-order valence-corrected chi connectivity index (χ3v) is 3.45. The highest BCUT2D eigenvalue weighted by atomic mass is 35.5. The number of halogens is 2. The van der Waals surface area contributed by atoms with E-state index in [1.807, 2.05) is 19.9 Å². The molecule has 0 bridgehead atoms. The highest BCUT2D eigenvalue weighted by Gasteiger charge is 2.12. The van der Waals surface area contributed by atoms with Crippen molar-refractivity contribution in [3.63, 3.8) is 0 Å². The van der Waals surface area contributed by atoms with Crippen molar-refractivity contribution in [3.8, 4) is 0 Å². The second kappa shape index (κ2) is 6.98. The Bertz CT molecular complexity index is 423. The molecule has 1 unspecified atom stereocenters. The number of likely N-dealkylation sites (N-methyl/N-ethyl adjacent to an activating group) is 1. The zero-order chi connectivity index (χ0) is 13.7. The lowest BCUT2D eigenvalue weighted by Crippen LogP contribution is -2.36.